The predicted octanol–water partition coefficient (Wildman–Crippen LogP) is 2.98. The number of alkyl halides is 3. The summed E-state index contributed by atoms with van der Waals surface area (Å²) in [4.78, 5) is 22.3. The van der Waals surface area contributed by atoms with E-state index in [0.717, 1.165) is 12.1 Å². The lowest BCUT2D eigenvalue weighted by atomic mass is 10.1. The third kappa shape index (κ3) is 5.24. The van der Waals surface area contributed by atoms with Crippen LogP contribution < -0.4 is 15.6 Å². The molecule has 0 saturated carbocycles. The number of rotatable bonds is 7. The molecule has 162 valence electrons. The van der Waals surface area contributed by atoms with Crippen LogP contribution in [0.4, 0.5) is 24.5 Å². The largest absolute Gasteiger partial charge is 0.416 e. The minimum absolute atomic E-state index is 0.0453. The fourth-order valence-corrected chi connectivity index (χ4v) is 3.51. The summed E-state index contributed by atoms with van der Waals surface area (Å²) in [7, 11) is -3.83. The maximum Gasteiger partial charge on any atom is 0.416 e. The van der Waals surface area contributed by atoms with E-state index >= 15 is 0 Å². The van der Waals surface area contributed by atoms with Gasteiger partial charge in [-0.2, -0.15) is 13.2 Å². The van der Waals surface area contributed by atoms with Crippen LogP contribution in [0.15, 0.2) is 41.3 Å². The second-order valence-electron chi connectivity index (χ2n) is 6.04. The SMILES string of the molecule is CCNS(=O)(=O)c1ccc(C)c(C(=O)NNc2ccc(C(F)(F)F)cc2[N+](=O)[O-])c1. The van der Waals surface area contributed by atoms with Crippen molar-refractivity contribution in [1.82, 2.24) is 10.1 Å². The van der Waals surface area contributed by atoms with E-state index < -0.39 is 38.3 Å². The van der Waals surface area contributed by atoms with Crippen molar-refractivity contribution < 1.29 is 31.3 Å². The van der Waals surface area contributed by atoms with E-state index in [1.54, 1.807) is 13.8 Å². The van der Waals surface area contributed by atoms with Crippen LogP contribution in [0.1, 0.15) is 28.4 Å². The molecule has 0 aliphatic carbocycles. The van der Waals surface area contributed by atoms with Crippen LogP contribution in [0.25, 0.3) is 0 Å². The molecule has 0 radical (unpaired) electrons. The molecule has 2 rings (SSSR count). The Labute approximate surface area is 169 Å². The number of nitrogens with zero attached hydrogens (tertiary/aromatic N) is 1. The molecule has 0 aliphatic heterocycles. The number of sulfonamides is 1. The van der Waals surface area contributed by atoms with Crippen molar-refractivity contribution >= 4 is 27.3 Å². The minimum Gasteiger partial charge on any atom is -0.292 e. The first kappa shape index (κ1) is 23.1. The highest BCUT2D eigenvalue weighted by atomic mass is 32.2. The Balaban J connectivity index is 2.29. The standard InChI is InChI=1S/C17H17F3N4O5S/c1-3-21-30(28,29)12-6-4-10(2)13(9-12)16(25)23-22-14-7-5-11(17(18,19)20)8-15(14)24(26)27/h4-9,21-22H,3H2,1-2H3,(H,23,25). The molecule has 13 heteroatoms. The quantitative estimate of drug-likeness (QED) is 0.443. The number of amides is 1. The van der Waals surface area contributed by atoms with Gasteiger partial charge in [0.1, 0.15) is 5.69 Å². The molecule has 0 bridgehead atoms. The van der Waals surface area contributed by atoms with Crippen molar-refractivity contribution in [3.63, 3.8) is 0 Å². The number of halogens is 3. The van der Waals surface area contributed by atoms with Crippen molar-refractivity contribution in [1.29, 1.82) is 0 Å². The zero-order valence-electron chi connectivity index (χ0n) is 15.7. The topological polar surface area (TPSA) is 130 Å². The number of hydrogen-bond donors (Lipinski definition) is 3. The van der Waals surface area contributed by atoms with Crippen LogP contribution in [-0.4, -0.2) is 25.8 Å². The first-order valence-electron chi connectivity index (χ1n) is 8.39. The summed E-state index contributed by atoms with van der Waals surface area (Å²) in [5.41, 5.74) is 2.21. The number of hydrazine groups is 1. The summed E-state index contributed by atoms with van der Waals surface area (Å²) >= 11 is 0. The van der Waals surface area contributed by atoms with Crippen molar-refractivity contribution in [3.8, 4) is 0 Å². The molecule has 0 atom stereocenters. The number of anilines is 1. The molecule has 0 heterocycles. The van der Waals surface area contributed by atoms with Gasteiger partial charge in [-0.25, -0.2) is 13.1 Å². The second-order valence-corrected chi connectivity index (χ2v) is 7.81. The van der Waals surface area contributed by atoms with Gasteiger partial charge in [0.05, 0.1) is 15.4 Å². The Kier molecular flexibility index (Phi) is 6.67. The molecule has 0 saturated heterocycles. The van der Waals surface area contributed by atoms with Gasteiger partial charge in [0.2, 0.25) is 10.0 Å². The average molecular weight is 446 g/mol. The molecule has 0 fully saturated rings. The van der Waals surface area contributed by atoms with E-state index in [1.807, 2.05) is 0 Å². The summed E-state index contributed by atoms with van der Waals surface area (Å²) in [6, 6.07) is 5.59. The Morgan fingerprint density at radius 2 is 1.83 bits per heavy atom. The number of aryl methyl sites for hydroxylation is 1. The number of nitro benzene ring substituents is 1. The van der Waals surface area contributed by atoms with E-state index in [2.05, 4.69) is 15.6 Å². The number of nitro groups is 1. The van der Waals surface area contributed by atoms with Gasteiger partial charge in [-0.05, 0) is 36.8 Å². The van der Waals surface area contributed by atoms with Gasteiger partial charge in [-0.15, -0.1) is 0 Å². The Bertz CT molecular complexity index is 1090. The molecular weight excluding hydrogens is 429 g/mol. The first-order valence-corrected chi connectivity index (χ1v) is 9.87. The Hall–Kier alpha value is -3.19. The van der Waals surface area contributed by atoms with Gasteiger partial charge in [0.15, 0.2) is 0 Å². The predicted molar refractivity (Wildman–Crippen MR) is 101 cm³/mol. The lowest BCUT2D eigenvalue weighted by Crippen LogP contribution is -2.31. The molecule has 2 aromatic rings. The van der Waals surface area contributed by atoms with E-state index in [0.29, 0.717) is 17.7 Å². The summed E-state index contributed by atoms with van der Waals surface area (Å²) in [6.07, 6.45) is -4.78. The van der Waals surface area contributed by atoms with Crippen molar-refractivity contribution in [3.05, 3.63) is 63.2 Å². The van der Waals surface area contributed by atoms with Crippen molar-refractivity contribution in [2.75, 3.05) is 12.0 Å². The zero-order valence-corrected chi connectivity index (χ0v) is 16.5. The molecule has 2 aromatic carbocycles. The monoisotopic (exact) mass is 446 g/mol. The van der Waals surface area contributed by atoms with Crippen LogP contribution in [0.2, 0.25) is 0 Å². The summed E-state index contributed by atoms with van der Waals surface area (Å²) in [6.45, 7) is 3.26. The first-order chi connectivity index (χ1) is 13.9. The van der Waals surface area contributed by atoms with E-state index in [9.17, 15) is 36.5 Å². The number of nitrogens with one attached hydrogen (secondary N) is 3. The third-order valence-electron chi connectivity index (χ3n) is 3.93. The molecule has 0 spiro atoms. The highest BCUT2D eigenvalue weighted by Gasteiger charge is 2.33. The molecular formula is C17H17F3N4O5S. The molecule has 30 heavy (non-hydrogen) atoms. The second kappa shape index (κ2) is 8.67. The number of hydrogen-bond acceptors (Lipinski definition) is 6. The van der Waals surface area contributed by atoms with E-state index in [1.165, 1.54) is 12.1 Å². The smallest absolute Gasteiger partial charge is 0.292 e. The summed E-state index contributed by atoms with van der Waals surface area (Å²) in [5, 5.41) is 11.1. The molecule has 1 amide bonds. The number of carbonyl (C=O) groups is 1. The van der Waals surface area contributed by atoms with Gasteiger partial charge in [0.25, 0.3) is 11.6 Å². The van der Waals surface area contributed by atoms with Crippen molar-refractivity contribution in [2.24, 2.45) is 0 Å². The van der Waals surface area contributed by atoms with Crippen LogP contribution in [-0.2, 0) is 16.2 Å². The van der Waals surface area contributed by atoms with Gasteiger partial charge >= 0.3 is 6.18 Å². The van der Waals surface area contributed by atoms with Gasteiger partial charge in [-0.1, -0.05) is 13.0 Å². The fourth-order valence-electron chi connectivity index (χ4n) is 2.44. The number of benzene rings is 2. The van der Waals surface area contributed by atoms with E-state index in [-0.39, 0.29) is 22.7 Å². The van der Waals surface area contributed by atoms with Crippen LogP contribution >= 0.6 is 0 Å². The minimum atomic E-state index is -4.78. The lowest BCUT2D eigenvalue weighted by molar-refractivity contribution is -0.384. The molecule has 0 aliphatic rings. The van der Waals surface area contributed by atoms with Gasteiger partial charge < -0.3 is 0 Å². The van der Waals surface area contributed by atoms with E-state index in [4.69, 9.17) is 0 Å². The molecule has 0 unspecified atom stereocenters. The maximum atomic E-state index is 12.8. The van der Waals surface area contributed by atoms with Crippen LogP contribution in [0.5, 0.6) is 0 Å². The lowest BCUT2D eigenvalue weighted by Gasteiger charge is -2.13. The number of carbonyl (C=O) groups excluding carboxylic acids is 1. The molecule has 3 N–H and O–H groups in total. The normalized spacial score (nSPS) is 11.8. The average Bonchev–Trinajstić information content (AvgIpc) is 2.65. The summed E-state index contributed by atoms with van der Waals surface area (Å²) < 4.78 is 64.8. The zero-order chi connectivity index (χ0) is 22.7. The highest BCUT2D eigenvalue weighted by Crippen LogP contribution is 2.34. The van der Waals surface area contributed by atoms with Crippen LogP contribution in [0.3, 0.4) is 0 Å². The highest BCUT2D eigenvalue weighted by molar-refractivity contribution is 7.89. The fraction of sp³-hybridized carbons (Fsp3) is 0.235. The van der Waals surface area contributed by atoms with Gasteiger partial charge in [0, 0.05) is 18.2 Å². The van der Waals surface area contributed by atoms with Gasteiger partial charge in [-0.3, -0.25) is 25.8 Å². The molecule has 9 nitrogen and oxygen atoms in total. The Morgan fingerprint density at radius 1 is 1.17 bits per heavy atom. The maximum absolute atomic E-state index is 12.8. The molecule has 0 aromatic heterocycles. The third-order valence-corrected chi connectivity index (χ3v) is 5.47. The van der Waals surface area contributed by atoms with Crippen LogP contribution in [0, 0.1) is 17.0 Å². The summed E-state index contributed by atoms with van der Waals surface area (Å²) in [5.74, 6) is -0.838. The Morgan fingerprint density at radius 3 is 2.40 bits per heavy atom. The van der Waals surface area contributed by atoms with Crippen molar-refractivity contribution in [2.45, 2.75) is 24.9 Å².